The van der Waals surface area contributed by atoms with E-state index in [0.717, 1.165) is 23.4 Å². The SMILES string of the molecule is Cc1n[nH]c(C)c1CC(=O)N1CC[C@@H](Nc2ccc([N+](=O)[O-])cn2)C1. The van der Waals surface area contributed by atoms with Crippen molar-refractivity contribution in [1.82, 2.24) is 20.1 Å². The predicted octanol–water partition coefficient (Wildman–Crippen LogP) is 1.59. The quantitative estimate of drug-likeness (QED) is 0.628. The summed E-state index contributed by atoms with van der Waals surface area (Å²) in [5.74, 6) is 0.653. The number of rotatable bonds is 5. The van der Waals surface area contributed by atoms with E-state index in [4.69, 9.17) is 0 Å². The minimum absolute atomic E-state index is 0.0420. The molecular weight excluding hydrogens is 324 g/mol. The zero-order valence-electron chi connectivity index (χ0n) is 14.2. The Balaban J connectivity index is 1.56. The molecule has 132 valence electrons. The third-order valence-corrected chi connectivity index (χ3v) is 4.46. The van der Waals surface area contributed by atoms with E-state index >= 15 is 0 Å². The van der Waals surface area contributed by atoms with Crippen LogP contribution in [0.1, 0.15) is 23.4 Å². The summed E-state index contributed by atoms with van der Waals surface area (Å²) in [7, 11) is 0. The number of aryl methyl sites for hydroxylation is 2. The molecule has 3 rings (SSSR count). The summed E-state index contributed by atoms with van der Waals surface area (Å²) in [5, 5.41) is 20.9. The van der Waals surface area contributed by atoms with Crippen LogP contribution in [0, 0.1) is 24.0 Å². The Bertz CT molecular complexity index is 766. The van der Waals surface area contributed by atoms with Crippen molar-refractivity contribution in [1.29, 1.82) is 0 Å². The molecule has 25 heavy (non-hydrogen) atoms. The Kier molecular flexibility index (Phi) is 4.64. The topological polar surface area (TPSA) is 117 Å². The minimum atomic E-state index is -0.480. The van der Waals surface area contributed by atoms with Gasteiger partial charge in [0.1, 0.15) is 12.0 Å². The highest BCUT2D eigenvalue weighted by Crippen LogP contribution is 2.19. The van der Waals surface area contributed by atoms with Crippen LogP contribution in [0.5, 0.6) is 0 Å². The van der Waals surface area contributed by atoms with Gasteiger partial charge < -0.3 is 10.2 Å². The van der Waals surface area contributed by atoms with E-state index in [2.05, 4.69) is 20.5 Å². The number of H-pyrrole nitrogens is 1. The van der Waals surface area contributed by atoms with Crippen LogP contribution in [-0.2, 0) is 11.2 Å². The number of carbonyl (C=O) groups excluding carboxylic acids is 1. The number of carbonyl (C=O) groups is 1. The fourth-order valence-electron chi connectivity index (χ4n) is 2.99. The van der Waals surface area contributed by atoms with Crippen LogP contribution in [0.4, 0.5) is 11.5 Å². The second kappa shape index (κ2) is 6.88. The Labute approximate surface area is 144 Å². The summed E-state index contributed by atoms with van der Waals surface area (Å²) in [6.07, 6.45) is 2.38. The van der Waals surface area contributed by atoms with Crippen molar-refractivity contribution < 1.29 is 9.72 Å². The molecule has 1 saturated heterocycles. The first-order chi connectivity index (χ1) is 11.9. The van der Waals surface area contributed by atoms with E-state index in [1.807, 2.05) is 18.7 Å². The first-order valence-corrected chi connectivity index (χ1v) is 8.09. The first-order valence-electron chi connectivity index (χ1n) is 8.09. The molecule has 0 aromatic carbocycles. The van der Waals surface area contributed by atoms with Gasteiger partial charge in [0.15, 0.2) is 0 Å². The minimum Gasteiger partial charge on any atom is -0.365 e. The molecule has 3 heterocycles. The number of aromatic amines is 1. The van der Waals surface area contributed by atoms with Crippen LogP contribution in [0.25, 0.3) is 0 Å². The smallest absolute Gasteiger partial charge is 0.287 e. The van der Waals surface area contributed by atoms with Gasteiger partial charge >= 0.3 is 0 Å². The average molecular weight is 344 g/mol. The van der Waals surface area contributed by atoms with Gasteiger partial charge in [-0.3, -0.25) is 20.0 Å². The number of nitrogens with zero attached hydrogens (tertiary/aromatic N) is 4. The third-order valence-electron chi connectivity index (χ3n) is 4.46. The van der Waals surface area contributed by atoms with Crippen molar-refractivity contribution in [2.24, 2.45) is 0 Å². The van der Waals surface area contributed by atoms with Gasteiger partial charge in [-0.15, -0.1) is 0 Å². The number of hydrogen-bond acceptors (Lipinski definition) is 6. The normalized spacial score (nSPS) is 16.9. The number of nitro groups is 1. The Hall–Kier alpha value is -2.97. The van der Waals surface area contributed by atoms with Crippen LogP contribution in [0.2, 0.25) is 0 Å². The predicted molar refractivity (Wildman–Crippen MR) is 91.3 cm³/mol. The van der Waals surface area contributed by atoms with Gasteiger partial charge in [-0.2, -0.15) is 5.10 Å². The molecule has 1 atom stereocenters. The molecular formula is C16H20N6O3. The van der Waals surface area contributed by atoms with E-state index in [9.17, 15) is 14.9 Å². The molecule has 0 unspecified atom stereocenters. The number of nitrogens with one attached hydrogen (secondary N) is 2. The van der Waals surface area contributed by atoms with Crippen LogP contribution in [-0.4, -0.2) is 50.0 Å². The van der Waals surface area contributed by atoms with Gasteiger partial charge in [0.25, 0.3) is 5.69 Å². The molecule has 2 N–H and O–H groups in total. The number of aromatic nitrogens is 3. The molecule has 0 spiro atoms. The lowest BCUT2D eigenvalue weighted by Crippen LogP contribution is -2.33. The number of likely N-dealkylation sites (tertiary alicyclic amines) is 1. The molecule has 1 aliphatic heterocycles. The summed E-state index contributed by atoms with van der Waals surface area (Å²) >= 11 is 0. The zero-order chi connectivity index (χ0) is 18.0. The third kappa shape index (κ3) is 3.76. The van der Waals surface area contributed by atoms with E-state index in [1.165, 1.54) is 12.3 Å². The van der Waals surface area contributed by atoms with Crippen molar-refractivity contribution in [2.45, 2.75) is 32.7 Å². The number of anilines is 1. The summed E-state index contributed by atoms with van der Waals surface area (Å²) in [6, 6.07) is 3.09. The summed E-state index contributed by atoms with van der Waals surface area (Å²) in [4.78, 5) is 28.5. The Morgan fingerprint density at radius 2 is 2.28 bits per heavy atom. The molecule has 9 heteroatoms. The lowest BCUT2D eigenvalue weighted by Gasteiger charge is -2.17. The molecule has 1 aliphatic rings. The van der Waals surface area contributed by atoms with E-state index in [-0.39, 0.29) is 17.6 Å². The van der Waals surface area contributed by atoms with Gasteiger partial charge in [0, 0.05) is 36.5 Å². The Morgan fingerprint density at radius 3 is 2.88 bits per heavy atom. The fourth-order valence-corrected chi connectivity index (χ4v) is 2.99. The standard InChI is InChI=1S/C16H20N6O3/c1-10-14(11(2)20-19-10)7-16(23)21-6-5-12(9-21)18-15-4-3-13(8-17-15)22(24)25/h3-4,8,12H,5-7,9H2,1-2H3,(H,17,18)(H,19,20)/t12-/m1/s1. The van der Waals surface area contributed by atoms with Gasteiger partial charge in [0.2, 0.25) is 5.91 Å². The van der Waals surface area contributed by atoms with Gasteiger partial charge in [-0.05, 0) is 26.3 Å². The summed E-state index contributed by atoms with van der Waals surface area (Å²) in [5.41, 5.74) is 2.70. The lowest BCUT2D eigenvalue weighted by molar-refractivity contribution is -0.385. The number of amides is 1. The van der Waals surface area contributed by atoms with Gasteiger partial charge in [-0.25, -0.2) is 4.98 Å². The summed E-state index contributed by atoms with van der Waals surface area (Å²) < 4.78 is 0. The maximum absolute atomic E-state index is 12.5. The van der Waals surface area contributed by atoms with E-state index in [1.54, 1.807) is 6.07 Å². The van der Waals surface area contributed by atoms with Crippen LogP contribution >= 0.6 is 0 Å². The molecule has 0 saturated carbocycles. The molecule has 0 bridgehead atoms. The first kappa shape index (κ1) is 16.9. The average Bonchev–Trinajstić information content (AvgIpc) is 3.17. The van der Waals surface area contributed by atoms with Crippen molar-refractivity contribution in [2.75, 3.05) is 18.4 Å². The second-order valence-electron chi connectivity index (χ2n) is 6.22. The highest BCUT2D eigenvalue weighted by atomic mass is 16.6. The number of pyridine rings is 1. The highest BCUT2D eigenvalue weighted by Gasteiger charge is 2.27. The largest absolute Gasteiger partial charge is 0.365 e. The molecule has 9 nitrogen and oxygen atoms in total. The molecule has 2 aromatic rings. The molecule has 2 aromatic heterocycles. The molecule has 0 radical (unpaired) electrons. The monoisotopic (exact) mass is 344 g/mol. The Morgan fingerprint density at radius 1 is 1.48 bits per heavy atom. The van der Waals surface area contributed by atoms with Crippen molar-refractivity contribution in [3.05, 3.63) is 45.4 Å². The maximum Gasteiger partial charge on any atom is 0.287 e. The van der Waals surface area contributed by atoms with Crippen molar-refractivity contribution in [3.8, 4) is 0 Å². The highest BCUT2D eigenvalue weighted by molar-refractivity contribution is 5.79. The van der Waals surface area contributed by atoms with Crippen molar-refractivity contribution in [3.63, 3.8) is 0 Å². The van der Waals surface area contributed by atoms with Gasteiger partial charge in [0.05, 0.1) is 17.0 Å². The van der Waals surface area contributed by atoms with Crippen LogP contribution < -0.4 is 5.32 Å². The van der Waals surface area contributed by atoms with Crippen molar-refractivity contribution >= 4 is 17.4 Å². The van der Waals surface area contributed by atoms with Crippen LogP contribution in [0.3, 0.4) is 0 Å². The lowest BCUT2D eigenvalue weighted by atomic mass is 10.1. The number of hydrogen-bond donors (Lipinski definition) is 2. The van der Waals surface area contributed by atoms with Crippen LogP contribution in [0.15, 0.2) is 18.3 Å². The summed E-state index contributed by atoms with van der Waals surface area (Å²) in [6.45, 7) is 5.07. The van der Waals surface area contributed by atoms with E-state index in [0.29, 0.717) is 25.3 Å². The maximum atomic E-state index is 12.5. The fraction of sp³-hybridized carbons (Fsp3) is 0.438. The molecule has 1 amide bonds. The van der Waals surface area contributed by atoms with Gasteiger partial charge in [-0.1, -0.05) is 0 Å². The van der Waals surface area contributed by atoms with E-state index < -0.39 is 4.92 Å². The molecule has 1 fully saturated rings. The second-order valence-corrected chi connectivity index (χ2v) is 6.22. The molecule has 0 aliphatic carbocycles. The zero-order valence-corrected chi connectivity index (χ0v) is 14.2.